The van der Waals surface area contributed by atoms with Crippen LogP contribution in [0.2, 0.25) is 0 Å². The van der Waals surface area contributed by atoms with Gasteiger partial charge >= 0.3 is 0 Å². The van der Waals surface area contributed by atoms with Crippen molar-refractivity contribution in [2.75, 3.05) is 5.32 Å². The topological polar surface area (TPSA) is 54.0 Å². The normalized spacial score (nSPS) is 11.8. The van der Waals surface area contributed by atoms with Gasteiger partial charge in [0.1, 0.15) is 5.82 Å². The number of carbonyl (C=O) groups is 1. The molecular formula is C17H20BrN3O. The van der Waals surface area contributed by atoms with Gasteiger partial charge in [-0.25, -0.2) is 4.98 Å². The smallest absolute Gasteiger partial charge is 0.251 e. The molecule has 1 unspecified atom stereocenters. The number of aryl methyl sites for hydroxylation is 1. The van der Waals surface area contributed by atoms with Crippen LogP contribution in [0.4, 0.5) is 11.5 Å². The van der Waals surface area contributed by atoms with Gasteiger partial charge in [-0.05, 0) is 50.1 Å². The average molecular weight is 362 g/mol. The zero-order valence-electron chi connectivity index (χ0n) is 13.0. The molecule has 0 aliphatic carbocycles. The van der Waals surface area contributed by atoms with Gasteiger partial charge in [0.15, 0.2) is 0 Å². The second-order valence-corrected chi connectivity index (χ2v) is 6.16. The molecule has 1 aromatic heterocycles. The monoisotopic (exact) mass is 361 g/mol. The van der Waals surface area contributed by atoms with E-state index in [-0.39, 0.29) is 11.9 Å². The second kappa shape index (κ2) is 7.40. The number of hydrogen-bond donors (Lipinski definition) is 2. The number of carbonyl (C=O) groups excluding carboxylic acids is 1. The van der Waals surface area contributed by atoms with E-state index < -0.39 is 0 Å². The van der Waals surface area contributed by atoms with Gasteiger partial charge in [-0.3, -0.25) is 4.79 Å². The summed E-state index contributed by atoms with van der Waals surface area (Å²) >= 11 is 3.51. The van der Waals surface area contributed by atoms with Crippen molar-refractivity contribution in [3.63, 3.8) is 0 Å². The van der Waals surface area contributed by atoms with Gasteiger partial charge in [0.2, 0.25) is 0 Å². The molecule has 5 heteroatoms. The Morgan fingerprint density at radius 1 is 1.32 bits per heavy atom. The molecule has 0 aliphatic rings. The quantitative estimate of drug-likeness (QED) is 0.828. The van der Waals surface area contributed by atoms with Crippen molar-refractivity contribution in [3.8, 4) is 0 Å². The third-order valence-electron chi connectivity index (χ3n) is 3.46. The molecule has 1 amide bonds. The highest BCUT2D eigenvalue weighted by Crippen LogP contribution is 2.23. The van der Waals surface area contributed by atoms with E-state index in [9.17, 15) is 4.79 Å². The molecule has 0 aliphatic heterocycles. The van der Waals surface area contributed by atoms with E-state index in [1.807, 2.05) is 39.0 Å². The van der Waals surface area contributed by atoms with E-state index >= 15 is 0 Å². The van der Waals surface area contributed by atoms with Gasteiger partial charge < -0.3 is 10.6 Å². The van der Waals surface area contributed by atoms with Crippen LogP contribution in [0.5, 0.6) is 0 Å². The molecule has 116 valence electrons. The molecule has 1 heterocycles. The molecule has 0 saturated heterocycles. The first-order valence-electron chi connectivity index (χ1n) is 7.29. The highest BCUT2D eigenvalue weighted by molar-refractivity contribution is 9.10. The first-order valence-corrected chi connectivity index (χ1v) is 8.09. The van der Waals surface area contributed by atoms with Crippen LogP contribution < -0.4 is 10.6 Å². The lowest BCUT2D eigenvalue weighted by Crippen LogP contribution is -2.31. The lowest BCUT2D eigenvalue weighted by molar-refractivity contribution is 0.0939. The van der Waals surface area contributed by atoms with Crippen molar-refractivity contribution in [1.29, 1.82) is 0 Å². The number of nitrogens with one attached hydrogen (secondary N) is 2. The Labute approximate surface area is 139 Å². The van der Waals surface area contributed by atoms with Crippen molar-refractivity contribution < 1.29 is 4.79 Å². The highest BCUT2D eigenvalue weighted by Gasteiger charge is 2.09. The van der Waals surface area contributed by atoms with Crippen LogP contribution in [0.1, 0.15) is 36.2 Å². The number of rotatable bonds is 5. The molecule has 0 spiro atoms. The Morgan fingerprint density at radius 2 is 2.09 bits per heavy atom. The van der Waals surface area contributed by atoms with Gasteiger partial charge in [0.25, 0.3) is 5.91 Å². The number of amides is 1. The molecule has 0 saturated carbocycles. The van der Waals surface area contributed by atoms with Crippen molar-refractivity contribution in [2.24, 2.45) is 0 Å². The van der Waals surface area contributed by atoms with Gasteiger partial charge in [-0.2, -0.15) is 0 Å². The fourth-order valence-electron chi connectivity index (χ4n) is 1.87. The summed E-state index contributed by atoms with van der Waals surface area (Å²) in [4.78, 5) is 16.4. The molecule has 2 rings (SSSR count). The van der Waals surface area contributed by atoms with E-state index in [0.717, 1.165) is 16.6 Å². The second-order valence-electron chi connectivity index (χ2n) is 5.30. The fraction of sp³-hybridized carbons (Fsp3) is 0.294. The molecule has 0 fully saturated rings. The Balaban J connectivity index is 2.14. The van der Waals surface area contributed by atoms with Gasteiger partial charge in [-0.15, -0.1) is 0 Å². The van der Waals surface area contributed by atoms with Crippen LogP contribution in [-0.4, -0.2) is 16.9 Å². The summed E-state index contributed by atoms with van der Waals surface area (Å²) in [5.74, 6) is 0.567. The van der Waals surface area contributed by atoms with Crippen LogP contribution in [0.15, 0.2) is 41.0 Å². The van der Waals surface area contributed by atoms with Gasteiger partial charge in [0, 0.05) is 28.0 Å². The minimum Gasteiger partial charge on any atom is -0.350 e. The number of hydrogen-bond acceptors (Lipinski definition) is 3. The van der Waals surface area contributed by atoms with Crippen LogP contribution in [0, 0.1) is 6.92 Å². The Bertz CT molecular complexity index is 673. The maximum absolute atomic E-state index is 12.1. The lowest BCUT2D eigenvalue weighted by atomic mass is 10.2. The number of halogens is 1. The van der Waals surface area contributed by atoms with Crippen molar-refractivity contribution in [3.05, 3.63) is 52.1 Å². The number of aromatic nitrogens is 1. The number of anilines is 2. The molecule has 0 bridgehead atoms. The first kappa shape index (κ1) is 16.5. The highest BCUT2D eigenvalue weighted by atomic mass is 79.9. The summed E-state index contributed by atoms with van der Waals surface area (Å²) in [5.41, 5.74) is 2.69. The van der Waals surface area contributed by atoms with Crippen molar-refractivity contribution in [2.45, 2.75) is 33.2 Å². The zero-order valence-corrected chi connectivity index (χ0v) is 14.6. The summed E-state index contributed by atoms with van der Waals surface area (Å²) in [6.07, 6.45) is 2.54. The van der Waals surface area contributed by atoms with Gasteiger partial charge in [0.05, 0.1) is 0 Å². The molecular weight excluding hydrogens is 342 g/mol. The van der Waals surface area contributed by atoms with Crippen molar-refractivity contribution >= 4 is 33.3 Å². The van der Waals surface area contributed by atoms with Crippen LogP contribution in [0.25, 0.3) is 0 Å². The van der Waals surface area contributed by atoms with Crippen molar-refractivity contribution in [1.82, 2.24) is 10.3 Å². The maximum atomic E-state index is 12.1. The molecule has 2 N–H and O–H groups in total. The molecule has 0 radical (unpaired) electrons. The number of nitrogens with zero attached hydrogens (tertiary/aromatic N) is 1. The molecule has 1 aromatic carbocycles. The maximum Gasteiger partial charge on any atom is 0.251 e. The third-order valence-corrected chi connectivity index (χ3v) is 4.31. The summed E-state index contributed by atoms with van der Waals surface area (Å²) < 4.78 is 1.03. The minimum absolute atomic E-state index is 0.0788. The molecule has 1 atom stereocenters. The van der Waals surface area contributed by atoms with Crippen LogP contribution >= 0.6 is 15.9 Å². The average Bonchev–Trinajstić information content (AvgIpc) is 2.51. The molecule has 2 aromatic rings. The Hall–Kier alpha value is -1.88. The van der Waals surface area contributed by atoms with E-state index in [1.54, 1.807) is 18.3 Å². The lowest BCUT2D eigenvalue weighted by Gasteiger charge is -2.12. The number of pyridine rings is 1. The Kier molecular flexibility index (Phi) is 5.55. The predicted octanol–water partition coefficient (Wildman–Crippen LogP) is 4.42. The van der Waals surface area contributed by atoms with E-state index in [4.69, 9.17) is 0 Å². The van der Waals surface area contributed by atoms with E-state index in [2.05, 4.69) is 31.5 Å². The Morgan fingerprint density at radius 3 is 2.77 bits per heavy atom. The SMILES string of the molecule is CCC(C)NC(=O)c1ccnc(Nc2ccc(C)c(Br)c2)c1. The largest absolute Gasteiger partial charge is 0.350 e. The van der Waals surface area contributed by atoms with Crippen LogP contribution in [0.3, 0.4) is 0 Å². The van der Waals surface area contributed by atoms with Crippen LogP contribution in [-0.2, 0) is 0 Å². The summed E-state index contributed by atoms with van der Waals surface area (Å²) in [6.45, 7) is 6.06. The predicted molar refractivity (Wildman–Crippen MR) is 93.6 cm³/mol. The van der Waals surface area contributed by atoms with E-state index in [0.29, 0.717) is 11.4 Å². The number of benzene rings is 1. The third kappa shape index (κ3) is 4.31. The summed E-state index contributed by atoms with van der Waals surface area (Å²) in [7, 11) is 0. The first-order chi connectivity index (χ1) is 10.5. The molecule has 22 heavy (non-hydrogen) atoms. The fourth-order valence-corrected chi connectivity index (χ4v) is 2.25. The minimum atomic E-state index is -0.0788. The molecule has 4 nitrogen and oxygen atoms in total. The zero-order chi connectivity index (χ0) is 16.1. The van der Waals surface area contributed by atoms with E-state index in [1.165, 1.54) is 5.56 Å². The summed E-state index contributed by atoms with van der Waals surface area (Å²) in [6, 6.07) is 9.62. The summed E-state index contributed by atoms with van der Waals surface area (Å²) in [5, 5.41) is 6.16. The standard InChI is InChI=1S/C17H20BrN3O/c1-4-12(3)20-17(22)13-7-8-19-16(9-13)21-14-6-5-11(2)15(18)10-14/h5-10,12H,4H2,1-3H3,(H,19,21)(H,20,22). The van der Waals surface area contributed by atoms with Gasteiger partial charge in [-0.1, -0.05) is 28.9 Å².